The van der Waals surface area contributed by atoms with Crippen LogP contribution in [0.5, 0.6) is 0 Å². The van der Waals surface area contributed by atoms with E-state index in [4.69, 9.17) is 5.73 Å². The number of hydrogen-bond donors (Lipinski definition) is 3. The minimum Gasteiger partial charge on any atom is -0.362 e. The van der Waals surface area contributed by atoms with Gasteiger partial charge in [-0.15, -0.1) is 0 Å². The molecule has 3 rings (SSSR count). The number of halogens is 6. The molecule has 0 aliphatic carbocycles. The third-order valence-electron chi connectivity index (χ3n) is 3.93. The van der Waals surface area contributed by atoms with Gasteiger partial charge in [-0.1, -0.05) is 30.3 Å². The first kappa shape index (κ1) is 17.4. The zero-order valence-electron chi connectivity index (χ0n) is 12.5. The molecule has 0 fully saturated rings. The highest BCUT2D eigenvalue weighted by Crippen LogP contribution is 2.46. The van der Waals surface area contributed by atoms with Crippen molar-refractivity contribution < 1.29 is 26.3 Å². The second-order valence-corrected chi connectivity index (χ2v) is 5.64. The summed E-state index contributed by atoms with van der Waals surface area (Å²) in [4.78, 5) is 0. The number of rotatable bonds is 2. The molecule has 1 aliphatic heterocycles. The second-order valence-electron chi connectivity index (χ2n) is 5.64. The molecule has 3 nitrogen and oxygen atoms in total. The molecular weight excluding hydrogens is 348 g/mol. The Kier molecular flexibility index (Phi) is 4.06. The van der Waals surface area contributed by atoms with E-state index in [0.29, 0.717) is 11.6 Å². The van der Waals surface area contributed by atoms with Crippen LogP contribution in [0.4, 0.5) is 37.7 Å². The molecule has 0 spiro atoms. The lowest BCUT2D eigenvalue weighted by molar-refractivity contribution is -0.142. The van der Waals surface area contributed by atoms with Crippen LogP contribution in [0.3, 0.4) is 0 Å². The van der Waals surface area contributed by atoms with Gasteiger partial charge in [0.2, 0.25) is 0 Å². The maximum Gasteiger partial charge on any atom is 0.418 e. The molecule has 0 saturated heterocycles. The van der Waals surface area contributed by atoms with Crippen molar-refractivity contribution in [2.45, 2.75) is 24.6 Å². The predicted molar refractivity (Wildman–Crippen MR) is 80.8 cm³/mol. The van der Waals surface area contributed by atoms with E-state index < -0.39 is 41.4 Å². The van der Waals surface area contributed by atoms with Crippen molar-refractivity contribution in [3.05, 3.63) is 59.2 Å². The standard InChI is InChI=1S/C16H13F6N3/c17-15(18,19)9-6-10(16(20,21)22)13-11(7-9)24-14(25-13)12(23)8-4-2-1-3-5-8/h1-7,12,14,24-25H,23H2. The van der Waals surface area contributed by atoms with Gasteiger partial charge in [-0.3, -0.25) is 0 Å². The molecule has 2 aromatic carbocycles. The molecular formula is C16H13F6N3. The molecule has 0 aromatic heterocycles. The fourth-order valence-electron chi connectivity index (χ4n) is 2.71. The van der Waals surface area contributed by atoms with E-state index in [1.54, 1.807) is 30.3 Å². The normalized spacial score (nSPS) is 18.3. The van der Waals surface area contributed by atoms with E-state index in [9.17, 15) is 26.3 Å². The number of nitrogens with one attached hydrogen (secondary N) is 2. The van der Waals surface area contributed by atoms with Gasteiger partial charge in [-0.2, -0.15) is 26.3 Å². The fraction of sp³-hybridized carbons (Fsp3) is 0.250. The molecule has 2 aromatic rings. The maximum absolute atomic E-state index is 13.2. The Morgan fingerprint density at radius 1 is 0.880 bits per heavy atom. The van der Waals surface area contributed by atoms with Crippen LogP contribution in [0.15, 0.2) is 42.5 Å². The third kappa shape index (κ3) is 3.37. The molecule has 0 saturated carbocycles. The Morgan fingerprint density at radius 2 is 1.52 bits per heavy atom. The largest absolute Gasteiger partial charge is 0.418 e. The Bertz CT molecular complexity index is 770. The average Bonchev–Trinajstić information content (AvgIpc) is 2.96. The summed E-state index contributed by atoms with van der Waals surface area (Å²) in [6.45, 7) is 0. The molecule has 2 atom stereocenters. The Balaban J connectivity index is 2.00. The van der Waals surface area contributed by atoms with Crippen LogP contribution in [0.2, 0.25) is 0 Å². The van der Waals surface area contributed by atoms with Crippen LogP contribution < -0.4 is 16.4 Å². The van der Waals surface area contributed by atoms with Gasteiger partial charge in [0.25, 0.3) is 0 Å². The first-order valence-electron chi connectivity index (χ1n) is 7.23. The first-order chi connectivity index (χ1) is 11.6. The molecule has 134 valence electrons. The zero-order valence-corrected chi connectivity index (χ0v) is 12.5. The monoisotopic (exact) mass is 361 g/mol. The molecule has 1 aliphatic rings. The molecule has 0 bridgehead atoms. The first-order valence-corrected chi connectivity index (χ1v) is 7.23. The van der Waals surface area contributed by atoms with Crippen LogP contribution in [0.25, 0.3) is 0 Å². The lowest BCUT2D eigenvalue weighted by Crippen LogP contribution is -2.35. The number of fused-ring (bicyclic) bond motifs is 1. The van der Waals surface area contributed by atoms with Crippen LogP contribution >= 0.6 is 0 Å². The predicted octanol–water partition coefficient (Wildman–Crippen LogP) is 4.59. The molecule has 4 N–H and O–H groups in total. The quantitative estimate of drug-likeness (QED) is 0.686. The Labute approximate surface area is 138 Å². The number of hydrogen-bond acceptors (Lipinski definition) is 3. The number of nitrogens with two attached hydrogens (primary N) is 1. The molecule has 0 radical (unpaired) electrons. The van der Waals surface area contributed by atoms with Gasteiger partial charge in [0, 0.05) is 0 Å². The lowest BCUT2D eigenvalue weighted by atomic mass is 10.1. The summed E-state index contributed by atoms with van der Waals surface area (Å²) in [6, 6.07) is 8.52. The summed E-state index contributed by atoms with van der Waals surface area (Å²) in [5, 5.41) is 5.18. The topological polar surface area (TPSA) is 50.1 Å². The fourth-order valence-corrected chi connectivity index (χ4v) is 2.71. The van der Waals surface area contributed by atoms with Gasteiger partial charge >= 0.3 is 12.4 Å². The van der Waals surface area contributed by atoms with Crippen molar-refractivity contribution in [3.63, 3.8) is 0 Å². The summed E-state index contributed by atoms with van der Waals surface area (Å²) in [7, 11) is 0. The SMILES string of the molecule is NC(c1ccccc1)C1Nc2cc(C(F)(F)F)cc(C(F)(F)F)c2N1. The van der Waals surface area contributed by atoms with Crippen LogP contribution in [0.1, 0.15) is 22.7 Å². The van der Waals surface area contributed by atoms with Gasteiger partial charge in [-0.25, -0.2) is 0 Å². The van der Waals surface area contributed by atoms with E-state index in [1.807, 2.05) is 0 Å². The smallest absolute Gasteiger partial charge is 0.362 e. The van der Waals surface area contributed by atoms with Gasteiger partial charge in [0.15, 0.2) is 0 Å². The van der Waals surface area contributed by atoms with E-state index in [1.165, 1.54) is 0 Å². The second kappa shape index (κ2) is 5.83. The summed E-state index contributed by atoms with van der Waals surface area (Å²) in [5.41, 5.74) is 3.20. The molecule has 0 amide bonds. The van der Waals surface area contributed by atoms with Gasteiger partial charge < -0.3 is 16.4 Å². The minimum absolute atomic E-state index is 0.101. The van der Waals surface area contributed by atoms with Crippen molar-refractivity contribution in [2.75, 3.05) is 10.6 Å². The van der Waals surface area contributed by atoms with Crippen LogP contribution in [-0.2, 0) is 12.4 Å². The highest BCUT2D eigenvalue weighted by atomic mass is 19.4. The summed E-state index contributed by atoms with van der Waals surface area (Å²) in [6.07, 6.45) is -10.7. The van der Waals surface area contributed by atoms with Crippen molar-refractivity contribution in [2.24, 2.45) is 5.73 Å². The van der Waals surface area contributed by atoms with Crippen molar-refractivity contribution in [1.29, 1.82) is 0 Å². The number of anilines is 2. The Morgan fingerprint density at radius 3 is 2.08 bits per heavy atom. The van der Waals surface area contributed by atoms with Crippen molar-refractivity contribution in [1.82, 2.24) is 0 Å². The molecule has 9 heteroatoms. The van der Waals surface area contributed by atoms with Gasteiger partial charge in [-0.05, 0) is 17.7 Å². The summed E-state index contributed by atoms with van der Waals surface area (Å²) < 4.78 is 78.3. The van der Waals surface area contributed by atoms with E-state index >= 15 is 0 Å². The zero-order chi connectivity index (χ0) is 18.4. The van der Waals surface area contributed by atoms with Crippen LogP contribution in [-0.4, -0.2) is 6.17 Å². The summed E-state index contributed by atoms with van der Waals surface area (Å²) in [5.74, 6) is 0. The van der Waals surface area contributed by atoms with Crippen LogP contribution in [0, 0.1) is 0 Å². The highest BCUT2D eigenvalue weighted by Gasteiger charge is 2.42. The van der Waals surface area contributed by atoms with Gasteiger partial charge in [0.1, 0.15) is 6.17 Å². The maximum atomic E-state index is 13.2. The third-order valence-corrected chi connectivity index (χ3v) is 3.93. The minimum atomic E-state index is -4.94. The lowest BCUT2D eigenvalue weighted by Gasteiger charge is -2.21. The summed E-state index contributed by atoms with van der Waals surface area (Å²) >= 11 is 0. The highest BCUT2D eigenvalue weighted by molar-refractivity contribution is 5.79. The van der Waals surface area contributed by atoms with E-state index in [0.717, 1.165) is 0 Å². The molecule has 2 unspecified atom stereocenters. The van der Waals surface area contributed by atoms with Crippen molar-refractivity contribution in [3.8, 4) is 0 Å². The van der Waals surface area contributed by atoms with E-state index in [2.05, 4.69) is 10.6 Å². The molecule has 1 heterocycles. The Hall–Kier alpha value is -2.42. The van der Waals surface area contributed by atoms with Gasteiger partial charge in [0.05, 0.1) is 28.5 Å². The van der Waals surface area contributed by atoms with E-state index in [-0.39, 0.29) is 11.8 Å². The average molecular weight is 361 g/mol. The van der Waals surface area contributed by atoms with Crippen molar-refractivity contribution >= 4 is 11.4 Å². The number of benzene rings is 2. The molecule has 25 heavy (non-hydrogen) atoms. The number of alkyl halides is 6.